The van der Waals surface area contributed by atoms with Crippen molar-refractivity contribution in [2.45, 2.75) is 6.92 Å². The van der Waals surface area contributed by atoms with Crippen molar-refractivity contribution in [3.05, 3.63) is 96.0 Å². The Morgan fingerprint density at radius 2 is 1.76 bits per heavy atom. The molecule has 0 saturated carbocycles. The summed E-state index contributed by atoms with van der Waals surface area (Å²) in [6, 6.07) is 15.2. The topological polar surface area (TPSA) is 0 Å². The Balaban J connectivity index is 1.94. The van der Waals surface area contributed by atoms with Gasteiger partial charge < -0.3 is 0 Å². The maximum atomic E-state index is 3.55. The highest BCUT2D eigenvalue weighted by Gasteiger charge is 2.28. The summed E-state index contributed by atoms with van der Waals surface area (Å²) >= 11 is 0. The van der Waals surface area contributed by atoms with Crippen molar-refractivity contribution in [2.24, 2.45) is 5.92 Å². The largest absolute Gasteiger partial charge is 0.0729 e. The summed E-state index contributed by atoms with van der Waals surface area (Å²) in [5.74, 6) is 0.325. The van der Waals surface area contributed by atoms with Crippen LogP contribution >= 0.6 is 0 Å². The Kier molecular flexibility index (Phi) is 2.89. The van der Waals surface area contributed by atoms with Crippen LogP contribution < -0.4 is 0 Å². The van der Waals surface area contributed by atoms with Crippen LogP contribution in [0.25, 0.3) is 16.3 Å². The van der Waals surface area contributed by atoms with Crippen LogP contribution in [-0.2, 0) is 0 Å². The molecule has 2 aliphatic rings. The van der Waals surface area contributed by atoms with E-state index < -0.39 is 0 Å². The molecule has 0 amide bonds. The summed E-state index contributed by atoms with van der Waals surface area (Å²) in [6.45, 7) is 2.17. The van der Waals surface area contributed by atoms with Crippen LogP contribution in [0.3, 0.4) is 0 Å². The molecule has 21 heavy (non-hydrogen) atoms. The molecule has 2 radical (unpaired) electrons. The Morgan fingerprint density at radius 3 is 2.71 bits per heavy atom. The van der Waals surface area contributed by atoms with Gasteiger partial charge in [0.2, 0.25) is 0 Å². The second kappa shape index (κ2) is 4.89. The molecule has 100 valence electrons. The Labute approximate surface area is 125 Å². The molecule has 0 heterocycles. The normalized spacial score (nSPS) is 20.6. The zero-order chi connectivity index (χ0) is 14.2. The molecular weight excluding hydrogens is 252 g/mol. The molecular formula is C21H16. The average Bonchev–Trinajstić information content (AvgIpc) is 2.68. The highest BCUT2D eigenvalue weighted by molar-refractivity contribution is 5.97. The van der Waals surface area contributed by atoms with Crippen LogP contribution in [0.4, 0.5) is 0 Å². The predicted octanol–water partition coefficient (Wildman–Crippen LogP) is 5.38. The quantitative estimate of drug-likeness (QED) is 0.651. The summed E-state index contributed by atoms with van der Waals surface area (Å²) < 4.78 is 0. The highest BCUT2D eigenvalue weighted by Crippen LogP contribution is 2.45. The minimum Gasteiger partial charge on any atom is -0.0729 e. The Hall–Kier alpha value is -2.34. The minimum atomic E-state index is 0.325. The van der Waals surface area contributed by atoms with Gasteiger partial charge in [0, 0.05) is 12.3 Å². The lowest BCUT2D eigenvalue weighted by Gasteiger charge is -2.15. The monoisotopic (exact) mass is 268 g/mol. The van der Waals surface area contributed by atoms with Crippen molar-refractivity contribution in [1.29, 1.82) is 0 Å². The fourth-order valence-electron chi connectivity index (χ4n) is 3.32. The van der Waals surface area contributed by atoms with Crippen LogP contribution in [0, 0.1) is 12.3 Å². The standard InChI is InChI=1S/C21H16/c1-15-14-17-9-3-2-4-12-19(17)21(15)20-13-7-10-16-8-5-6-11-18(16)20/h2-13,19H,1H3. The number of rotatable bonds is 1. The van der Waals surface area contributed by atoms with Gasteiger partial charge >= 0.3 is 0 Å². The Morgan fingerprint density at radius 1 is 0.905 bits per heavy atom. The van der Waals surface area contributed by atoms with Crippen LogP contribution in [0.2, 0.25) is 0 Å². The first-order valence-corrected chi connectivity index (χ1v) is 7.35. The molecule has 0 fully saturated rings. The lowest BCUT2D eigenvalue weighted by atomic mass is 9.88. The van der Waals surface area contributed by atoms with E-state index in [1.54, 1.807) is 0 Å². The van der Waals surface area contributed by atoms with E-state index in [1.165, 1.54) is 33.1 Å². The molecule has 2 aliphatic carbocycles. The van der Waals surface area contributed by atoms with E-state index in [0.29, 0.717) is 5.92 Å². The van der Waals surface area contributed by atoms with Crippen LogP contribution in [0.15, 0.2) is 84.0 Å². The van der Waals surface area contributed by atoms with Crippen molar-refractivity contribution in [2.75, 3.05) is 0 Å². The van der Waals surface area contributed by atoms with Crippen LogP contribution in [-0.4, -0.2) is 0 Å². The maximum absolute atomic E-state index is 3.55. The van der Waals surface area contributed by atoms with Gasteiger partial charge in [0.25, 0.3) is 0 Å². The molecule has 1 atom stereocenters. The number of benzene rings is 2. The summed E-state index contributed by atoms with van der Waals surface area (Å²) in [5, 5.41) is 2.62. The smallest absolute Gasteiger partial charge is 0.0423 e. The fraction of sp³-hybridized carbons (Fsp3) is 0.0952. The minimum absolute atomic E-state index is 0.325. The first-order chi connectivity index (χ1) is 10.3. The van der Waals surface area contributed by atoms with Gasteiger partial charge in [0.1, 0.15) is 0 Å². The zero-order valence-corrected chi connectivity index (χ0v) is 12.0. The zero-order valence-electron chi connectivity index (χ0n) is 12.0. The van der Waals surface area contributed by atoms with Gasteiger partial charge in [-0.1, -0.05) is 78.4 Å². The molecule has 1 unspecified atom stereocenters. The fourth-order valence-corrected chi connectivity index (χ4v) is 3.32. The summed E-state index contributed by atoms with van der Waals surface area (Å²) in [5.41, 5.74) is 5.24. The molecule has 0 aliphatic heterocycles. The van der Waals surface area contributed by atoms with E-state index in [1.807, 2.05) is 0 Å². The molecule has 4 rings (SSSR count). The first kappa shape index (κ1) is 12.4. The molecule has 0 spiro atoms. The number of allylic oxidation sites excluding steroid dienone is 8. The summed E-state index contributed by atoms with van der Waals surface area (Å²) in [4.78, 5) is 0. The van der Waals surface area contributed by atoms with Crippen LogP contribution in [0.5, 0.6) is 0 Å². The van der Waals surface area contributed by atoms with E-state index in [9.17, 15) is 0 Å². The molecule has 2 aromatic carbocycles. The van der Waals surface area contributed by atoms with E-state index in [4.69, 9.17) is 0 Å². The number of hydrogen-bond donors (Lipinski definition) is 0. The summed E-state index contributed by atoms with van der Waals surface area (Å²) in [6.07, 6.45) is 14.3. The highest BCUT2D eigenvalue weighted by atomic mass is 14.3. The molecule has 0 saturated heterocycles. The van der Waals surface area contributed by atoms with Crippen molar-refractivity contribution in [3.63, 3.8) is 0 Å². The lowest BCUT2D eigenvalue weighted by molar-refractivity contribution is 1.05. The van der Waals surface area contributed by atoms with Gasteiger partial charge in [-0.15, -0.1) is 0 Å². The Bertz CT molecular complexity index is 823. The van der Waals surface area contributed by atoms with Gasteiger partial charge in [0.05, 0.1) is 0 Å². The van der Waals surface area contributed by atoms with E-state index >= 15 is 0 Å². The van der Waals surface area contributed by atoms with Gasteiger partial charge in [-0.2, -0.15) is 0 Å². The second-order valence-corrected chi connectivity index (χ2v) is 5.56. The maximum Gasteiger partial charge on any atom is 0.0423 e. The summed E-state index contributed by atoms with van der Waals surface area (Å²) in [7, 11) is 0. The third kappa shape index (κ3) is 1.99. The van der Waals surface area contributed by atoms with E-state index in [2.05, 4.69) is 86.2 Å². The van der Waals surface area contributed by atoms with Gasteiger partial charge in [0.15, 0.2) is 0 Å². The average molecular weight is 268 g/mol. The predicted molar refractivity (Wildman–Crippen MR) is 89.6 cm³/mol. The second-order valence-electron chi connectivity index (χ2n) is 5.56. The van der Waals surface area contributed by atoms with Crippen molar-refractivity contribution >= 4 is 16.3 Å². The molecule has 0 bridgehead atoms. The third-order valence-electron chi connectivity index (χ3n) is 4.26. The molecule has 0 aromatic heterocycles. The van der Waals surface area contributed by atoms with Crippen molar-refractivity contribution < 1.29 is 0 Å². The van der Waals surface area contributed by atoms with Gasteiger partial charge in [-0.05, 0) is 34.4 Å². The number of fused-ring (bicyclic) bond motifs is 2. The van der Waals surface area contributed by atoms with Crippen molar-refractivity contribution in [3.8, 4) is 0 Å². The van der Waals surface area contributed by atoms with Crippen molar-refractivity contribution in [1.82, 2.24) is 0 Å². The molecule has 0 heteroatoms. The molecule has 0 N–H and O–H groups in total. The molecule has 2 aromatic rings. The molecule has 0 nitrogen and oxygen atoms in total. The SMILES string of the molecule is CC1=C(c2cccc3ccccc23)C2C=CC=CC=C2[C]1. The van der Waals surface area contributed by atoms with E-state index in [0.717, 1.165) is 0 Å². The lowest BCUT2D eigenvalue weighted by Crippen LogP contribution is -1.98. The number of hydrogen-bond acceptors (Lipinski definition) is 0. The van der Waals surface area contributed by atoms with Gasteiger partial charge in [-0.3, -0.25) is 0 Å². The third-order valence-corrected chi connectivity index (χ3v) is 4.26. The van der Waals surface area contributed by atoms with E-state index in [-0.39, 0.29) is 0 Å². The first-order valence-electron chi connectivity index (χ1n) is 7.35. The van der Waals surface area contributed by atoms with Gasteiger partial charge in [-0.25, -0.2) is 0 Å². The van der Waals surface area contributed by atoms with Crippen LogP contribution in [0.1, 0.15) is 12.5 Å².